The van der Waals surface area contributed by atoms with Crippen molar-refractivity contribution in [1.82, 2.24) is 9.80 Å². The van der Waals surface area contributed by atoms with Gasteiger partial charge in [-0.2, -0.15) is 0 Å². The summed E-state index contributed by atoms with van der Waals surface area (Å²) in [7, 11) is 2.02. The lowest BCUT2D eigenvalue weighted by atomic mass is 10.2. The van der Waals surface area contributed by atoms with Gasteiger partial charge in [-0.15, -0.1) is 0 Å². The van der Waals surface area contributed by atoms with E-state index in [-0.39, 0.29) is 5.82 Å². The molecule has 4 nitrogen and oxygen atoms in total. The average Bonchev–Trinajstić information content (AvgIpc) is 2.43. The molecule has 0 atom stereocenters. The topological polar surface area (TPSA) is 44.9 Å². The predicted molar refractivity (Wildman–Crippen MR) is 82.1 cm³/mol. The Bertz CT molecular complexity index is 412. The van der Waals surface area contributed by atoms with Gasteiger partial charge in [0.15, 0.2) is 5.96 Å². The Kier molecular flexibility index (Phi) is 7.01. The summed E-state index contributed by atoms with van der Waals surface area (Å²) in [4.78, 5) is 8.55. The van der Waals surface area contributed by atoms with Gasteiger partial charge in [-0.3, -0.25) is 4.99 Å². The standard InChI is InChI=1S/C15H25FN4/c1-4-20(5-2)15(17)18-10-11-19(3)12-13-6-8-14(16)9-7-13/h6-9H,4-5,10-12H2,1-3H3,(H2,17,18). The molecule has 0 unspecified atom stereocenters. The van der Waals surface area contributed by atoms with Gasteiger partial charge in [0.1, 0.15) is 5.82 Å². The van der Waals surface area contributed by atoms with Crippen molar-refractivity contribution in [2.24, 2.45) is 10.7 Å². The minimum Gasteiger partial charge on any atom is -0.370 e. The van der Waals surface area contributed by atoms with E-state index < -0.39 is 0 Å². The van der Waals surface area contributed by atoms with Crippen LogP contribution in [0.1, 0.15) is 19.4 Å². The van der Waals surface area contributed by atoms with Gasteiger partial charge in [0, 0.05) is 26.2 Å². The van der Waals surface area contributed by atoms with E-state index in [4.69, 9.17) is 5.73 Å². The third-order valence-corrected chi connectivity index (χ3v) is 3.21. The quantitative estimate of drug-likeness (QED) is 0.613. The lowest BCUT2D eigenvalue weighted by Crippen LogP contribution is -2.37. The molecule has 0 radical (unpaired) electrons. The van der Waals surface area contributed by atoms with Crippen LogP contribution >= 0.6 is 0 Å². The average molecular weight is 280 g/mol. The first-order valence-corrected chi connectivity index (χ1v) is 7.04. The van der Waals surface area contributed by atoms with Gasteiger partial charge in [-0.1, -0.05) is 12.1 Å². The van der Waals surface area contributed by atoms with Crippen molar-refractivity contribution in [3.8, 4) is 0 Å². The third kappa shape index (κ3) is 5.57. The van der Waals surface area contributed by atoms with Crippen LogP contribution in [-0.2, 0) is 6.54 Å². The lowest BCUT2D eigenvalue weighted by Gasteiger charge is -2.20. The van der Waals surface area contributed by atoms with Crippen molar-refractivity contribution in [3.05, 3.63) is 35.6 Å². The molecule has 0 aliphatic heterocycles. The number of guanidine groups is 1. The van der Waals surface area contributed by atoms with Gasteiger partial charge < -0.3 is 15.5 Å². The number of hydrogen-bond acceptors (Lipinski definition) is 2. The molecule has 1 aromatic carbocycles. The molecule has 0 aliphatic carbocycles. The first-order chi connectivity index (χ1) is 9.56. The van der Waals surface area contributed by atoms with Crippen LogP contribution in [0.3, 0.4) is 0 Å². The molecule has 0 aromatic heterocycles. The highest BCUT2D eigenvalue weighted by Crippen LogP contribution is 2.05. The number of likely N-dealkylation sites (N-methyl/N-ethyl adjacent to an activating group) is 1. The monoisotopic (exact) mass is 280 g/mol. The molecule has 1 rings (SSSR count). The maximum atomic E-state index is 12.8. The van der Waals surface area contributed by atoms with Crippen molar-refractivity contribution in [2.75, 3.05) is 33.2 Å². The molecule has 0 aliphatic rings. The van der Waals surface area contributed by atoms with Crippen molar-refractivity contribution >= 4 is 5.96 Å². The maximum Gasteiger partial charge on any atom is 0.191 e. The number of aliphatic imine (C=N–C) groups is 1. The molecule has 0 amide bonds. The first kappa shape index (κ1) is 16.4. The molecule has 0 saturated heterocycles. The number of benzene rings is 1. The molecule has 0 heterocycles. The van der Waals surface area contributed by atoms with Crippen LogP contribution < -0.4 is 5.73 Å². The zero-order valence-electron chi connectivity index (χ0n) is 12.6. The summed E-state index contributed by atoms with van der Waals surface area (Å²) in [6.07, 6.45) is 0. The van der Waals surface area contributed by atoms with E-state index in [2.05, 4.69) is 23.7 Å². The summed E-state index contributed by atoms with van der Waals surface area (Å²) in [5.41, 5.74) is 7.00. The van der Waals surface area contributed by atoms with Crippen molar-refractivity contribution in [3.63, 3.8) is 0 Å². The normalized spacial score (nSPS) is 11.9. The molecule has 20 heavy (non-hydrogen) atoms. The third-order valence-electron chi connectivity index (χ3n) is 3.21. The zero-order valence-corrected chi connectivity index (χ0v) is 12.6. The van der Waals surface area contributed by atoms with Crippen LogP contribution in [0.4, 0.5) is 4.39 Å². The molecule has 0 fully saturated rings. The van der Waals surface area contributed by atoms with Crippen LogP contribution in [0.15, 0.2) is 29.3 Å². The fourth-order valence-electron chi connectivity index (χ4n) is 1.96. The highest BCUT2D eigenvalue weighted by atomic mass is 19.1. The fraction of sp³-hybridized carbons (Fsp3) is 0.533. The number of halogens is 1. The number of nitrogens with two attached hydrogens (primary N) is 1. The largest absolute Gasteiger partial charge is 0.370 e. The van der Waals surface area contributed by atoms with E-state index in [1.54, 1.807) is 12.1 Å². The summed E-state index contributed by atoms with van der Waals surface area (Å²) in [6.45, 7) is 8.13. The van der Waals surface area contributed by atoms with E-state index in [0.717, 1.165) is 31.7 Å². The number of hydrogen-bond donors (Lipinski definition) is 1. The van der Waals surface area contributed by atoms with E-state index in [9.17, 15) is 4.39 Å². The van der Waals surface area contributed by atoms with Gasteiger partial charge in [0.2, 0.25) is 0 Å². The SMILES string of the molecule is CCN(CC)C(N)=NCCN(C)Cc1ccc(F)cc1. The summed E-state index contributed by atoms with van der Waals surface area (Å²) >= 11 is 0. The number of nitrogens with zero attached hydrogens (tertiary/aromatic N) is 3. The molecule has 0 spiro atoms. The summed E-state index contributed by atoms with van der Waals surface area (Å²) in [6, 6.07) is 6.58. The van der Waals surface area contributed by atoms with Gasteiger partial charge in [-0.05, 0) is 38.6 Å². The Labute approximate surface area is 121 Å². The van der Waals surface area contributed by atoms with E-state index in [0.29, 0.717) is 12.5 Å². The highest BCUT2D eigenvalue weighted by Gasteiger charge is 2.03. The van der Waals surface area contributed by atoms with Crippen molar-refractivity contribution in [2.45, 2.75) is 20.4 Å². The summed E-state index contributed by atoms with van der Waals surface area (Å²) < 4.78 is 12.8. The second-order valence-corrected chi connectivity index (χ2v) is 4.78. The molecule has 112 valence electrons. The van der Waals surface area contributed by atoms with Crippen molar-refractivity contribution < 1.29 is 4.39 Å². The maximum absolute atomic E-state index is 12.8. The van der Waals surface area contributed by atoms with Crippen LogP contribution in [0.5, 0.6) is 0 Å². The van der Waals surface area contributed by atoms with Gasteiger partial charge in [0.05, 0.1) is 6.54 Å². The fourth-order valence-corrected chi connectivity index (χ4v) is 1.96. The van der Waals surface area contributed by atoms with Gasteiger partial charge in [-0.25, -0.2) is 4.39 Å². The minimum absolute atomic E-state index is 0.201. The lowest BCUT2D eigenvalue weighted by molar-refractivity contribution is 0.335. The molecule has 1 aromatic rings. The Hall–Kier alpha value is -1.62. The second kappa shape index (κ2) is 8.53. The Morgan fingerprint density at radius 3 is 2.35 bits per heavy atom. The molecule has 0 saturated carbocycles. The highest BCUT2D eigenvalue weighted by molar-refractivity contribution is 5.77. The van der Waals surface area contributed by atoms with Crippen LogP contribution in [0.25, 0.3) is 0 Å². The minimum atomic E-state index is -0.201. The van der Waals surface area contributed by atoms with E-state index in [1.165, 1.54) is 12.1 Å². The molecule has 0 bridgehead atoms. The van der Waals surface area contributed by atoms with Gasteiger partial charge in [0.25, 0.3) is 0 Å². The molecule has 5 heteroatoms. The van der Waals surface area contributed by atoms with Crippen LogP contribution in [0, 0.1) is 5.82 Å². The summed E-state index contributed by atoms with van der Waals surface area (Å²) in [5, 5.41) is 0. The van der Waals surface area contributed by atoms with Crippen LogP contribution in [0.2, 0.25) is 0 Å². The summed E-state index contributed by atoms with van der Waals surface area (Å²) in [5.74, 6) is 0.401. The first-order valence-electron chi connectivity index (χ1n) is 7.04. The van der Waals surface area contributed by atoms with Crippen molar-refractivity contribution in [1.29, 1.82) is 0 Å². The Morgan fingerprint density at radius 1 is 1.20 bits per heavy atom. The molecular weight excluding hydrogens is 255 g/mol. The number of rotatable bonds is 7. The zero-order chi connectivity index (χ0) is 15.0. The van der Waals surface area contributed by atoms with E-state index in [1.807, 2.05) is 11.9 Å². The molecular formula is C15H25FN4. The Morgan fingerprint density at radius 2 is 1.80 bits per heavy atom. The Balaban J connectivity index is 2.38. The predicted octanol–water partition coefficient (Wildman–Crippen LogP) is 1.91. The van der Waals surface area contributed by atoms with Crippen LogP contribution in [-0.4, -0.2) is 49.0 Å². The smallest absolute Gasteiger partial charge is 0.191 e. The second-order valence-electron chi connectivity index (χ2n) is 4.78. The van der Waals surface area contributed by atoms with E-state index >= 15 is 0 Å². The molecule has 2 N–H and O–H groups in total. The van der Waals surface area contributed by atoms with Gasteiger partial charge >= 0.3 is 0 Å².